The Morgan fingerprint density at radius 2 is 2.11 bits per heavy atom. The Labute approximate surface area is 170 Å². The fraction of sp³-hybridized carbons (Fsp3) is 0.368. The number of rotatable bonds is 5. The van der Waals surface area contributed by atoms with E-state index < -0.39 is 0 Å². The first-order valence-corrected chi connectivity index (χ1v) is 9.92. The SMILES string of the molecule is CCOc1c(Br)cc(Cl)cc1NC(=O)C1CCN(C(=O)c2ccco2)CC1. The predicted octanol–water partition coefficient (Wildman–Crippen LogP) is 4.59. The summed E-state index contributed by atoms with van der Waals surface area (Å²) in [6.45, 7) is 3.36. The number of anilines is 1. The van der Waals surface area contributed by atoms with Gasteiger partial charge in [-0.1, -0.05) is 11.6 Å². The van der Waals surface area contributed by atoms with Crippen LogP contribution in [0.2, 0.25) is 5.02 Å². The Kier molecular flexibility index (Phi) is 6.44. The van der Waals surface area contributed by atoms with Crippen molar-refractivity contribution < 1.29 is 18.7 Å². The van der Waals surface area contributed by atoms with E-state index in [2.05, 4.69) is 21.2 Å². The average molecular weight is 456 g/mol. The lowest BCUT2D eigenvalue weighted by Crippen LogP contribution is -2.41. The summed E-state index contributed by atoms with van der Waals surface area (Å²) in [7, 11) is 0. The van der Waals surface area contributed by atoms with Crippen molar-refractivity contribution in [3.63, 3.8) is 0 Å². The van der Waals surface area contributed by atoms with Crippen LogP contribution in [-0.4, -0.2) is 36.4 Å². The molecule has 27 heavy (non-hydrogen) atoms. The Balaban J connectivity index is 1.63. The van der Waals surface area contributed by atoms with Crippen molar-refractivity contribution in [2.45, 2.75) is 19.8 Å². The van der Waals surface area contributed by atoms with Crippen molar-refractivity contribution in [3.05, 3.63) is 45.8 Å². The summed E-state index contributed by atoms with van der Waals surface area (Å²) in [6.07, 6.45) is 2.65. The number of likely N-dealkylation sites (tertiary alicyclic amines) is 1. The zero-order chi connectivity index (χ0) is 19.4. The maximum Gasteiger partial charge on any atom is 0.289 e. The summed E-state index contributed by atoms with van der Waals surface area (Å²) in [5.74, 6) is 0.452. The van der Waals surface area contributed by atoms with E-state index in [1.807, 2.05) is 6.92 Å². The Morgan fingerprint density at radius 1 is 1.37 bits per heavy atom. The first-order valence-electron chi connectivity index (χ1n) is 8.75. The van der Waals surface area contributed by atoms with Crippen molar-refractivity contribution in [1.82, 2.24) is 4.90 Å². The lowest BCUT2D eigenvalue weighted by molar-refractivity contribution is -0.121. The first kappa shape index (κ1) is 19.8. The van der Waals surface area contributed by atoms with E-state index in [1.54, 1.807) is 29.2 Å². The van der Waals surface area contributed by atoms with Gasteiger partial charge in [-0.2, -0.15) is 0 Å². The van der Waals surface area contributed by atoms with Crippen LogP contribution in [0.15, 0.2) is 39.4 Å². The van der Waals surface area contributed by atoms with Crippen LogP contribution in [0.3, 0.4) is 0 Å². The van der Waals surface area contributed by atoms with Gasteiger partial charge >= 0.3 is 0 Å². The molecule has 8 heteroatoms. The van der Waals surface area contributed by atoms with Gasteiger partial charge in [-0.05, 0) is 60.0 Å². The molecule has 1 fully saturated rings. The quantitative estimate of drug-likeness (QED) is 0.716. The third-order valence-corrected chi connectivity index (χ3v) is 5.25. The van der Waals surface area contributed by atoms with Gasteiger partial charge in [-0.3, -0.25) is 9.59 Å². The van der Waals surface area contributed by atoms with Crippen LogP contribution in [0, 0.1) is 5.92 Å². The summed E-state index contributed by atoms with van der Waals surface area (Å²) in [5.41, 5.74) is 0.537. The van der Waals surface area contributed by atoms with E-state index >= 15 is 0 Å². The van der Waals surface area contributed by atoms with Gasteiger partial charge in [0, 0.05) is 24.0 Å². The van der Waals surface area contributed by atoms with Crippen LogP contribution in [0.4, 0.5) is 5.69 Å². The van der Waals surface area contributed by atoms with Gasteiger partial charge in [-0.25, -0.2) is 0 Å². The third-order valence-electron chi connectivity index (χ3n) is 4.44. The second kappa shape index (κ2) is 8.80. The average Bonchev–Trinajstić information content (AvgIpc) is 3.18. The van der Waals surface area contributed by atoms with Crippen LogP contribution in [0.5, 0.6) is 5.75 Å². The number of piperidine rings is 1. The molecule has 2 aromatic rings. The summed E-state index contributed by atoms with van der Waals surface area (Å²) in [4.78, 5) is 26.7. The minimum Gasteiger partial charge on any atom is -0.491 e. The molecule has 0 aliphatic carbocycles. The normalized spacial score (nSPS) is 14.9. The van der Waals surface area contributed by atoms with Crippen molar-refractivity contribution in [3.8, 4) is 5.75 Å². The number of hydrogen-bond acceptors (Lipinski definition) is 4. The van der Waals surface area contributed by atoms with Crippen molar-refractivity contribution >= 4 is 45.0 Å². The highest BCUT2D eigenvalue weighted by Crippen LogP contribution is 2.37. The number of carbonyl (C=O) groups is 2. The molecular weight excluding hydrogens is 436 g/mol. The first-order chi connectivity index (χ1) is 13.0. The maximum atomic E-state index is 12.7. The zero-order valence-corrected chi connectivity index (χ0v) is 17.2. The van der Waals surface area contributed by atoms with Gasteiger partial charge in [0.25, 0.3) is 5.91 Å². The standard InChI is InChI=1S/C19H20BrClN2O4/c1-2-26-17-14(20)10-13(21)11-15(17)22-18(24)12-5-7-23(8-6-12)19(25)16-4-3-9-27-16/h3-4,9-12H,2,5-8H2,1H3,(H,22,24). The molecule has 0 bridgehead atoms. The number of halogens is 2. The van der Waals surface area contributed by atoms with Gasteiger partial charge in [0.15, 0.2) is 11.5 Å². The van der Waals surface area contributed by atoms with E-state index in [0.29, 0.717) is 59.2 Å². The molecule has 0 saturated carbocycles. The van der Waals surface area contributed by atoms with E-state index in [9.17, 15) is 9.59 Å². The molecule has 1 aromatic carbocycles. The van der Waals surface area contributed by atoms with E-state index in [-0.39, 0.29) is 17.7 Å². The van der Waals surface area contributed by atoms with E-state index in [4.69, 9.17) is 20.8 Å². The molecular formula is C19H20BrClN2O4. The molecule has 3 rings (SSSR count). The van der Waals surface area contributed by atoms with Gasteiger partial charge in [0.1, 0.15) is 0 Å². The van der Waals surface area contributed by atoms with Crippen LogP contribution >= 0.6 is 27.5 Å². The molecule has 1 saturated heterocycles. The highest BCUT2D eigenvalue weighted by Gasteiger charge is 2.29. The van der Waals surface area contributed by atoms with Gasteiger partial charge in [0.2, 0.25) is 5.91 Å². The van der Waals surface area contributed by atoms with Crippen molar-refractivity contribution in [2.75, 3.05) is 25.0 Å². The summed E-state index contributed by atoms with van der Waals surface area (Å²) in [6, 6.07) is 6.73. The lowest BCUT2D eigenvalue weighted by atomic mass is 9.95. The fourth-order valence-corrected chi connectivity index (χ4v) is 4.00. The lowest BCUT2D eigenvalue weighted by Gasteiger charge is -2.31. The molecule has 0 atom stereocenters. The van der Waals surface area contributed by atoms with Crippen LogP contribution < -0.4 is 10.1 Å². The minimum absolute atomic E-state index is 0.102. The highest BCUT2D eigenvalue weighted by molar-refractivity contribution is 9.10. The predicted molar refractivity (Wildman–Crippen MR) is 106 cm³/mol. The number of nitrogens with one attached hydrogen (secondary N) is 1. The number of nitrogens with zero attached hydrogens (tertiary/aromatic N) is 1. The Bertz CT molecular complexity index is 817. The Hall–Kier alpha value is -1.99. The molecule has 6 nitrogen and oxygen atoms in total. The number of carbonyl (C=O) groups excluding carboxylic acids is 2. The second-order valence-corrected chi connectivity index (χ2v) is 7.52. The maximum absolute atomic E-state index is 12.7. The number of amides is 2. The molecule has 0 spiro atoms. The largest absolute Gasteiger partial charge is 0.491 e. The molecule has 144 valence electrons. The van der Waals surface area contributed by atoms with Crippen molar-refractivity contribution in [2.24, 2.45) is 5.92 Å². The summed E-state index contributed by atoms with van der Waals surface area (Å²) >= 11 is 9.52. The second-order valence-electron chi connectivity index (χ2n) is 6.23. The zero-order valence-electron chi connectivity index (χ0n) is 14.8. The number of ether oxygens (including phenoxy) is 1. The summed E-state index contributed by atoms with van der Waals surface area (Å²) < 4.78 is 11.5. The minimum atomic E-state index is -0.183. The van der Waals surface area contributed by atoms with Crippen LogP contribution in [0.1, 0.15) is 30.3 Å². The monoisotopic (exact) mass is 454 g/mol. The molecule has 1 aliphatic rings. The van der Waals surface area contributed by atoms with E-state index in [1.165, 1.54) is 6.26 Å². The molecule has 0 unspecified atom stereocenters. The molecule has 2 heterocycles. The highest BCUT2D eigenvalue weighted by atomic mass is 79.9. The molecule has 1 aliphatic heterocycles. The van der Waals surface area contributed by atoms with Gasteiger partial charge in [0.05, 0.1) is 23.0 Å². The number of benzene rings is 1. The number of hydrogen-bond donors (Lipinski definition) is 1. The Morgan fingerprint density at radius 3 is 2.74 bits per heavy atom. The van der Waals surface area contributed by atoms with Crippen LogP contribution in [0.25, 0.3) is 0 Å². The summed E-state index contributed by atoms with van der Waals surface area (Å²) in [5, 5.41) is 3.42. The topological polar surface area (TPSA) is 71.8 Å². The smallest absolute Gasteiger partial charge is 0.289 e. The number of furan rings is 1. The van der Waals surface area contributed by atoms with E-state index in [0.717, 1.165) is 0 Å². The molecule has 2 amide bonds. The van der Waals surface area contributed by atoms with Crippen LogP contribution in [-0.2, 0) is 4.79 Å². The van der Waals surface area contributed by atoms with Gasteiger partial charge < -0.3 is 19.4 Å². The third kappa shape index (κ3) is 4.65. The molecule has 1 N–H and O–H groups in total. The molecule has 1 aromatic heterocycles. The van der Waals surface area contributed by atoms with Crippen molar-refractivity contribution in [1.29, 1.82) is 0 Å². The fourth-order valence-electron chi connectivity index (χ4n) is 3.08. The molecule has 0 radical (unpaired) electrons. The van der Waals surface area contributed by atoms with Gasteiger partial charge in [-0.15, -0.1) is 0 Å².